The molecule has 1 saturated heterocycles. The summed E-state index contributed by atoms with van der Waals surface area (Å²) in [5.41, 5.74) is 0.798. The molecule has 2 aliphatic heterocycles. The summed E-state index contributed by atoms with van der Waals surface area (Å²) in [5.74, 6) is -0.836. The van der Waals surface area contributed by atoms with Crippen LogP contribution in [0.2, 0.25) is 0 Å². The van der Waals surface area contributed by atoms with Crippen molar-refractivity contribution >= 4 is 24.0 Å². The Morgan fingerprint density at radius 1 is 0.886 bits per heavy atom. The molecule has 0 spiro atoms. The highest BCUT2D eigenvalue weighted by Gasteiger charge is 2.41. The molecule has 35 heavy (non-hydrogen) atoms. The molecular weight excluding hydrogens is 450 g/mol. The molecule has 2 heterocycles. The van der Waals surface area contributed by atoms with E-state index in [-0.39, 0.29) is 32.8 Å². The van der Waals surface area contributed by atoms with Crippen molar-refractivity contribution in [1.29, 1.82) is 0 Å². The lowest BCUT2D eigenvalue weighted by atomic mass is 10.1. The fourth-order valence-electron chi connectivity index (χ4n) is 4.16. The lowest BCUT2D eigenvalue weighted by Crippen LogP contribution is -2.60. The molecule has 0 bridgehead atoms. The molecule has 0 saturated carbocycles. The van der Waals surface area contributed by atoms with Crippen LogP contribution in [-0.4, -0.2) is 76.5 Å². The second-order valence-electron chi connectivity index (χ2n) is 9.58. The topological polar surface area (TPSA) is 96.5 Å². The molecule has 184 valence electrons. The number of nitrogens with zero attached hydrogens (tertiary/aromatic N) is 3. The first-order chi connectivity index (χ1) is 16.6. The second kappa shape index (κ2) is 9.77. The summed E-state index contributed by atoms with van der Waals surface area (Å²) in [4.78, 5) is 55.7. The minimum absolute atomic E-state index is 0.0615. The minimum Gasteiger partial charge on any atom is -0.445 e. The molecule has 2 aromatic carbocycles. The average molecular weight is 480 g/mol. The quantitative estimate of drug-likeness (QED) is 0.623. The summed E-state index contributed by atoms with van der Waals surface area (Å²) in [7, 11) is 0. The van der Waals surface area contributed by atoms with E-state index in [1.165, 1.54) is 9.80 Å². The van der Waals surface area contributed by atoms with Crippen LogP contribution < -0.4 is 0 Å². The molecule has 1 unspecified atom stereocenters. The molecule has 0 N–H and O–H groups in total. The van der Waals surface area contributed by atoms with Gasteiger partial charge in [-0.2, -0.15) is 0 Å². The van der Waals surface area contributed by atoms with Crippen molar-refractivity contribution in [2.45, 2.75) is 39.0 Å². The summed E-state index contributed by atoms with van der Waals surface area (Å²) in [6.45, 7) is 5.88. The minimum atomic E-state index is -0.719. The summed E-state index contributed by atoms with van der Waals surface area (Å²) in [6, 6.07) is 15.3. The van der Waals surface area contributed by atoms with E-state index in [1.54, 1.807) is 45.0 Å². The number of hydrogen-bond acceptors (Lipinski definition) is 6. The maximum atomic E-state index is 12.9. The van der Waals surface area contributed by atoms with E-state index in [2.05, 4.69) is 0 Å². The van der Waals surface area contributed by atoms with Gasteiger partial charge in [0.2, 0.25) is 0 Å². The van der Waals surface area contributed by atoms with E-state index < -0.39 is 35.6 Å². The van der Waals surface area contributed by atoms with Crippen LogP contribution in [0.5, 0.6) is 0 Å². The molecule has 1 atom stereocenters. The molecular formula is C26H29N3O6. The predicted molar refractivity (Wildman–Crippen MR) is 127 cm³/mol. The lowest BCUT2D eigenvalue weighted by molar-refractivity contribution is -0.00755. The first kappa shape index (κ1) is 24.3. The van der Waals surface area contributed by atoms with Crippen LogP contribution in [0, 0.1) is 0 Å². The Balaban J connectivity index is 1.50. The summed E-state index contributed by atoms with van der Waals surface area (Å²) >= 11 is 0. The van der Waals surface area contributed by atoms with Gasteiger partial charge in [-0.25, -0.2) is 9.59 Å². The van der Waals surface area contributed by atoms with E-state index >= 15 is 0 Å². The zero-order valence-electron chi connectivity index (χ0n) is 20.1. The van der Waals surface area contributed by atoms with Crippen molar-refractivity contribution < 1.29 is 28.7 Å². The van der Waals surface area contributed by atoms with Crippen molar-refractivity contribution in [2.75, 3.05) is 26.2 Å². The van der Waals surface area contributed by atoms with E-state index in [0.717, 1.165) is 10.5 Å². The van der Waals surface area contributed by atoms with Crippen LogP contribution in [0.25, 0.3) is 0 Å². The Hall–Kier alpha value is -3.88. The number of ether oxygens (including phenoxy) is 2. The van der Waals surface area contributed by atoms with Gasteiger partial charge in [-0.3, -0.25) is 19.4 Å². The van der Waals surface area contributed by atoms with E-state index in [4.69, 9.17) is 9.47 Å². The third kappa shape index (κ3) is 5.45. The average Bonchev–Trinajstić information content (AvgIpc) is 3.07. The van der Waals surface area contributed by atoms with Gasteiger partial charge in [0.15, 0.2) is 0 Å². The van der Waals surface area contributed by atoms with Crippen molar-refractivity contribution in [2.24, 2.45) is 0 Å². The Kier molecular flexibility index (Phi) is 6.77. The molecule has 0 aliphatic carbocycles. The third-order valence-electron chi connectivity index (χ3n) is 5.85. The van der Waals surface area contributed by atoms with Gasteiger partial charge >= 0.3 is 12.2 Å². The molecule has 2 aliphatic rings. The first-order valence-electron chi connectivity index (χ1n) is 11.5. The highest BCUT2D eigenvalue weighted by molar-refractivity contribution is 6.21. The number of fused-ring (bicyclic) bond motifs is 1. The van der Waals surface area contributed by atoms with Gasteiger partial charge < -0.3 is 14.4 Å². The van der Waals surface area contributed by atoms with Crippen LogP contribution >= 0.6 is 0 Å². The molecule has 0 radical (unpaired) electrons. The highest BCUT2D eigenvalue weighted by atomic mass is 16.6. The number of carbonyl (C=O) groups is 4. The van der Waals surface area contributed by atoms with Crippen LogP contribution in [0.4, 0.5) is 9.59 Å². The molecule has 1 fully saturated rings. The van der Waals surface area contributed by atoms with E-state index in [1.807, 2.05) is 30.3 Å². The Morgan fingerprint density at radius 3 is 2.09 bits per heavy atom. The lowest BCUT2D eigenvalue weighted by Gasteiger charge is -2.42. The van der Waals surface area contributed by atoms with Gasteiger partial charge in [0.05, 0.1) is 23.7 Å². The molecule has 9 heteroatoms. The highest BCUT2D eigenvalue weighted by Crippen LogP contribution is 2.25. The SMILES string of the molecule is CC(C)(C)OC(=O)N1CCN(C(=O)OCc2ccccc2)CC1CN1C(=O)c2ccccc2C1=O. The van der Waals surface area contributed by atoms with Crippen LogP contribution in [0.3, 0.4) is 0 Å². The van der Waals surface area contributed by atoms with Gasteiger partial charge in [-0.05, 0) is 38.5 Å². The number of rotatable bonds is 4. The summed E-state index contributed by atoms with van der Waals surface area (Å²) < 4.78 is 11.0. The molecule has 4 rings (SSSR count). The largest absolute Gasteiger partial charge is 0.445 e. The number of imide groups is 1. The summed E-state index contributed by atoms with van der Waals surface area (Å²) in [5, 5.41) is 0. The molecule has 2 aromatic rings. The van der Waals surface area contributed by atoms with Crippen molar-refractivity contribution in [3.05, 3.63) is 71.3 Å². The number of benzene rings is 2. The van der Waals surface area contributed by atoms with Gasteiger partial charge in [0, 0.05) is 19.6 Å². The normalized spacial score (nSPS) is 17.9. The van der Waals surface area contributed by atoms with E-state index in [9.17, 15) is 19.2 Å². The Labute approximate surface area is 204 Å². The molecule has 9 nitrogen and oxygen atoms in total. The number of hydrogen-bond donors (Lipinski definition) is 0. The fraction of sp³-hybridized carbons (Fsp3) is 0.385. The van der Waals surface area contributed by atoms with Gasteiger partial charge in [-0.15, -0.1) is 0 Å². The molecule has 4 amide bonds. The monoisotopic (exact) mass is 479 g/mol. The van der Waals surface area contributed by atoms with Gasteiger partial charge in [0.25, 0.3) is 11.8 Å². The zero-order chi connectivity index (χ0) is 25.2. The van der Waals surface area contributed by atoms with E-state index in [0.29, 0.717) is 11.1 Å². The maximum Gasteiger partial charge on any atom is 0.410 e. The fourth-order valence-corrected chi connectivity index (χ4v) is 4.16. The second-order valence-corrected chi connectivity index (χ2v) is 9.58. The van der Waals surface area contributed by atoms with Crippen molar-refractivity contribution in [1.82, 2.24) is 14.7 Å². The maximum absolute atomic E-state index is 12.9. The smallest absolute Gasteiger partial charge is 0.410 e. The Morgan fingerprint density at radius 2 is 1.49 bits per heavy atom. The summed E-state index contributed by atoms with van der Waals surface area (Å²) in [6.07, 6.45) is -1.08. The van der Waals surface area contributed by atoms with Crippen molar-refractivity contribution in [3.63, 3.8) is 0 Å². The first-order valence-corrected chi connectivity index (χ1v) is 11.5. The van der Waals surface area contributed by atoms with Gasteiger partial charge in [0.1, 0.15) is 12.2 Å². The van der Waals surface area contributed by atoms with Gasteiger partial charge in [-0.1, -0.05) is 42.5 Å². The zero-order valence-corrected chi connectivity index (χ0v) is 20.1. The third-order valence-corrected chi connectivity index (χ3v) is 5.85. The van der Waals surface area contributed by atoms with Crippen LogP contribution in [0.1, 0.15) is 47.1 Å². The standard InChI is InChI=1S/C26H29N3O6/c1-26(2,3)35-25(33)28-14-13-27(24(32)34-17-18-9-5-4-6-10-18)15-19(28)16-29-22(30)20-11-7-8-12-21(20)23(29)31/h4-12,19H,13-17H2,1-3H3. The van der Waals surface area contributed by atoms with Crippen LogP contribution in [-0.2, 0) is 16.1 Å². The molecule has 0 aromatic heterocycles. The predicted octanol–water partition coefficient (Wildman–Crippen LogP) is 3.54. The van der Waals surface area contributed by atoms with Crippen LogP contribution in [0.15, 0.2) is 54.6 Å². The van der Waals surface area contributed by atoms with Crippen molar-refractivity contribution in [3.8, 4) is 0 Å². The number of piperazine rings is 1. The Bertz CT molecular complexity index is 1090. The number of amides is 4. The number of carbonyl (C=O) groups excluding carboxylic acids is 4.